The van der Waals surface area contributed by atoms with Crippen LogP contribution >= 0.6 is 12.2 Å². The van der Waals surface area contributed by atoms with Gasteiger partial charge in [-0.2, -0.15) is 4.99 Å². The fourth-order valence-corrected chi connectivity index (χ4v) is 1.12. The van der Waals surface area contributed by atoms with Crippen molar-refractivity contribution in [1.82, 2.24) is 0 Å². The molecule has 0 aliphatic carbocycles. The second kappa shape index (κ2) is 3.42. The monoisotopic (exact) mass is 163 g/mol. The third kappa shape index (κ3) is 1.73. The molecule has 0 bridgehead atoms. The van der Waals surface area contributed by atoms with E-state index in [4.69, 9.17) is 0 Å². The minimum atomic E-state index is 0.947. The molecule has 0 N–H and O–H groups in total. The molecule has 0 aromatic heterocycles. The lowest BCUT2D eigenvalue weighted by Gasteiger charge is -2.00. The van der Waals surface area contributed by atoms with Crippen LogP contribution in [0.2, 0.25) is 0 Å². The summed E-state index contributed by atoms with van der Waals surface area (Å²) in [5, 5.41) is 2.37. The van der Waals surface area contributed by atoms with E-state index >= 15 is 0 Å². The molecule has 0 spiro atoms. The van der Waals surface area contributed by atoms with Crippen LogP contribution in [0.1, 0.15) is 11.1 Å². The summed E-state index contributed by atoms with van der Waals surface area (Å²) in [6, 6.07) is 6.03. The molecule has 11 heavy (non-hydrogen) atoms. The zero-order chi connectivity index (χ0) is 8.27. The summed E-state index contributed by atoms with van der Waals surface area (Å²) < 4.78 is 0. The van der Waals surface area contributed by atoms with Crippen molar-refractivity contribution in [2.45, 2.75) is 13.8 Å². The number of hydrogen-bond acceptors (Lipinski definition) is 2. The third-order valence-electron chi connectivity index (χ3n) is 1.60. The molecule has 0 amide bonds. The first-order chi connectivity index (χ1) is 5.25. The molecular weight excluding hydrogens is 154 g/mol. The van der Waals surface area contributed by atoms with Crippen molar-refractivity contribution in [3.8, 4) is 0 Å². The average molecular weight is 163 g/mol. The lowest BCUT2D eigenvalue weighted by molar-refractivity contribution is 1.34. The SMILES string of the molecule is Cc1cccc(C)c1N=C=S. The standard InChI is InChI=1S/C9H9NS/c1-7-4-3-5-8(2)9(7)10-6-11/h3-5H,1-2H3. The molecule has 0 atom stereocenters. The fourth-order valence-electron chi connectivity index (χ4n) is 1.03. The van der Waals surface area contributed by atoms with Gasteiger partial charge in [0.05, 0.1) is 10.8 Å². The summed E-state index contributed by atoms with van der Waals surface area (Å²) in [4.78, 5) is 3.97. The first kappa shape index (κ1) is 8.12. The Balaban J connectivity index is 3.31. The number of para-hydroxylation sites is 1. The Morgan fingerprint density at radius 1 is 1.27 bits per heavy atom. The summed E-state index contributed by atoms with van der Waals surface area (Å²) in [6.45, 7) is 4.02. The highest BCUT2D eigenvalue weighted by molar-refractivity contribution is 7.78. The molecule has 1 aromatic rings. The lowest BCUT2D eigenvalue weighted by atomic mass is 10.1. The van der Waals surface area contributed by atoms with E-state index in [0.717, 1.165) is 16.8 Å². The molecular formula is C9H9NS. The smallest absolute Gasteiger partial charge is 0.0797 e. The van der Waals surface area contributed by atoms with Crippen LogP contribution in [0.25, 0.3) is 0 Å². The molecule has 0 saturated carbocycles. The summed E-state index contributed by atoms with van der Waals surface area (Å²) >= 11 is 4.54. The highest BCUT2D eigenvalue weighted by Gasteiger charge is 1.97. The van der Waals surface area contributed by atoms with Crippen molar-refractivity contribution in [2.75, 3.05) is 0 Å². The van der Waals surface area contributed by atoms with E-state index < -0.39 is 0 Å². The Morgan fingerprint density at radius 3 is 2.27 bits per heavy atom. The molecule has 0 saturated heterocycles. The van der Waals surface area contributed by atoms with Gasteiger partial charge in [-0.3, -0.25) is 0 Å². The van der Waals surface area contributed by atoms with Crippen LogP contribution in [0, 0.1) is 13.8 Å². The number of aliphatic imine (C=N–C) groups is 1. The first-order valence-electron chi connectivity index (χ1n) is 3.40. The van der Waals surface area contributed by atoms with Crippen molar-refractivity contribution in [3.63, 3.8) is 0 Å². The van der Waals surface area contributed by atoms with E-state index in [2.05, 4.69) is 22.4 Å². The van der Waals surface area contributed by atoms with Gasteiger partial charge in [-0.05, 0) is 37.2 Å². The normalized spacial score (nSPS) is 8.91. The summed E-state index contributed by atoms with van der Waals surface area (Å²) in [6.07, 6.45) is 0. The minimum absolute atomic E-state index is 0.947. The molecule has 0 heterocycles. The van der Waals surface area contributed by atoms with Crippen LogP contribution in [-0.4, -0.2) is 5.16 Å². The Morgan fingerprint density at radius 2 is 1.82 bits per heavy atom. The van der Waals surface area contributed by atoms with Crippen molar-refractivity contribution in [1.29, 1.82) is 0 Å². The number of hydrogen-bond donors (Lipinski definition) is 0. The predicted molar refractivity (Wildman–Crippen MR) is 50.6 cm³/mol. The van der Waals surface area contributed by atoms with E-state index in [1.54, 1.807) is 0 Å². The molecule has 1 nitrogen and oxygen atoms in total. The molecule has 56 valence electrons. The minimum Gasteiger partial charge on any atom is -0.194 e. The Labute approximate surface area is 71.8 Å². The van der Waals surface area contributed by atoms with Gasteiger partial charge in [-0.25, -0.2) is 0 Å². The predicted octanol–water partition coefficient (Wildman–Crippen LogP) is 3.04. The molecule has 0 aliphatic rings. The molecule has 0 fully saturated rings. The van der Waals surface area contributed by atoms with Crippen molar-refractivity contribution in [3.05, 3.63) is 29.3 Å². The van der Waals surface area contributed by atoms with Crippen LogP contribution in [-0.2, 0) is 0 Å². The number of nitrogens with zero attached hydrogens (tertiary/aromatic N) is 1. The second-order valence-corrected chi connectivity index (χ2v) is 2.63. The molecule has 1 aromatic carbocycles. The number of aryl methyl sites for hydroxylation is 2. The fraction of sp³-hybridized carbons (Fsp3) is 0.222. The summed E-state index contributed by atoms with van der Waals surface area (Å²) in [5.74, 6) is 0. The van der Waals surface area contributed by atoms with Gasteiger partial charge < -0.3 is 0 Å². The third-order valence-corrected chi connectivity index (χ3v) is 1.69. The maximum absolute atomic E-state index is 4.54. The maximum atomic E-state index is 4.54. The number of isothiocyanates is 1. The van der Waals surface area contributed by atoms with E-state index in [1.807, 2.05) is 32.0 Å². The van der Waals surface area contributed by atoms with Gasteiger partial charge in [-0.1, -0.05) is 18.2 Å². The first-order valence-corrected chi connectivity index (χ1v) is 3.80. The van der Waals surface area contributed by atoms with Gasteiger partial charge in [0.1, 0.15) is 0 Å². The zero-order valence-electron chi connectivity index (χ0n) is 6.59. The van der Waals surface area contributed by atoms with Crippen molar-refractivity contribution in [2.24, 2.45) is 4.99 Å². The van der Waals surface area contributed by atoms with Gasteiger partial charge in [0.2, 0.25) is 0 Å². The van der Waals surface area contributed by atoms with E-state index in [1.165, 1.54) is 0 Å². The summed E-state index contributed by atoms with van der Waals surface area (Å²) in [5.41, 5.74) is 3.23. The van der Waals surface area contributed by atoms with Gasteiger partial charge in [0.25, 0.3) is 0 Å². The Bertz CT molecular complexity index is 291. The highest BCUT2D eigenvalue weighted by Crippen LogP contribution is 2.21. The van der Waals surface area contributed by atoms with Crippen LogP contribution in [0.3, 0.4) is 0 Å². The average Bonchev–Trinajstić information content (AvgIpc) is 1.97. The van der Waals surface area contributed by atoms with Crippen molar-refractivity contribution >= 4 is 23.1 Å². The molecule has 0 aliphatic heterocycles. The molecule has 0 unspecified atom stereocenters. The highest BCUT2D eigenvalue weighted by atomic mass is 32.1. The van der Waals surface area contributed by atoms with Crippen LogP contribution in [0.4, 0.5) is 5.69 Å². The zero-order valence-corrected chi connectivity index (χ0v) is 7.40. The van der Waals surface area contributed by atoms with Crippen LogP contribution in [0.15, 0.2) is 23.2 Å². The van der Waals surface area contributed by atoms with Crippen molar-refractivity contribution < 1.29 is 0 Å². The number of thiocarbonyl (C=S) groups is 1. The number of rotatable bonds is 1. The summed E-state index contributed by atoms with van der Waals surface area (Å²) in [7, 11) is 0. The Kier molecular flexibility index (Phi) is 2.53. The van der Waals surface area contributed by atoms with Gasteiger partial charge >= 0.3 is 0 Å². The van der Waals surface area contributed by atoms with E-state index in [0.29, 0.717) is 0 Å². The van der Waals surface area contributed by atoms with E-state index in [-0.39, 0.29) is 0 Å². The molecule has 2 heteroatoms. The topological polar surface area (TPSA) is 12.4 Å². The Hall–Kier alpha value is -0.980. The quantitative estimate of drug-likeness (QED) is 0.458. The van der Waals surface area contributed by atoms with Crippen LogP contribution in [0.5, 0.6) is 0 Å². The molecule has 0 radical (unpaired) electrons. The number of benzene rings is 1. The van der Waals surface area contributed by atoms with E-state index in [9.17, 15) is 0 Å². The van der Waals surface area contributed by atoms with Crippen LogP contribution < -0.4 is 0 Å². The molecule has 1 rings (SSSR count). The van der Waals surface area contributed by atoms with Gasteiger partial charge in [-0.15, -0.1) is 0 Å². The van der Waals surface area contributed by atoms with Gasteiger partial charge in [0.15, 0.2) is 0 Å². The van der Waals surface area contributed by atoms with Gasteiger partial charge in [0, 0.05) is 0 Å². The lowest BCUT2D eigenvalue weighted by Crippen LogP contribution is -1.77. The second-order valence-electron chi connectivity index (χ2n) is 2.44. The maximum Gasteiger partial charge on any atom is 0.0797 e. The largest absolute Gasteiger partial charge is 0.194 e.